The van der Waals surface area contributed by atoms with E-state index in [0.29, 0.717) is 31.0 Å². The van der Waals surface area contributed by atoms with Crippen LogP contribution in [-0.4, -0.2) is 33.4 Å². The first kappa shape index (κ1) is 17.3. The SMILES string of the molecule is Cn1ccnc1C1CCN(C(=O)[C@]2(c3ccccc3F)CC2(C)C)CC1. The second-order valence-electron chi connectivity index (χ2n) is 8.41. The van der Waals surface area contributed by atoms with E-state index in [1.165, 1.54) is 6.07 Å². The molecule has 2 aliphatic rings. The minimum absolute atomic E-state index is 0.0888. The number of imidazole rings is 1. The van der Waals surface area contributed by atoms with Gasteiger partial charge in [0.25, 0.3) is 0 Å². The summed E-state index contributed by atoms with van der Waals surface area (Å²) in [4.78, 5) is 19.9. The number of hydrogen-bond donors (Lipinski definition) is 0. The van der Waals surface area contributed by atoms with E-state index in [1.807, 2.05) is 30.4 Å². The number of carbonyl (C=O) groups excluding carboxylic acids is 1. The van der Waals surface area contributed by atoms with Gasteiger partial charge in [0.15, 0.2) is 0 Å². The zero-order valence-corrected chi connectivity index (χ0v) is 15.7. The minimum Gasteiger partial charge on any atom is -0.342 e. The fourth-order valence-electron chi connectivity index (χ4n) is 4.75. The molecule has 1 aromatic carbocycles. The molecular weight excluding hydrogens is 329 g/mol. The lowest BCUT2D eigenvalue weighted by molar-refractivity contribution is -0.136. The van der Waals surface area contributed by atoms with E-state index in [0.717, 1.165) is 18.7 Å². The molecule has 2 aromatic rings. The Kier molecular flexibility index (Phi) is 3.94. The molecular formula is C21H26FN3O. The van der Waals surface area contributed by atoms with E-state index in [9.17, 15) is 9.18 Å². The molecule has 1 saturated carbocycles. The van der Waals surface area contributed by atoms with Crippen LogP contribution in [0.25, 0.3) is 0 Å². The molecule has 1 amide bonds. The Morgan fingerprint density at radius 2 is 1.88 bits per heavy atom. The van der Waals surface area contributed by atoms with Gasteiger partial charge in [-0.1, -0.05) is 32.0 Å². The molecule has 0 N–H and O–H groups in total. The average molecular weight is 355 g/mol. The molecule has 0 bridgehead atoms. The van der Waals surface area contributed by atoms with Crippen molar-refractivity contribution in [3.8, 4) is 0 Å². The van der Waals surface area contributed by atoms with Crippen LogP contribution in [0.1, 0.15) is 50.4 Å². The summed E-state index contributed by atoms with van der Waals surface area (Å²) in [5.41, 5.74) is -0.363. The predicted molar refractivity (Wildman–Crippen MR) is 98.2 cm³/mol. The number of piperidine rings is 1. The molecule has 1 aliphatic carbocycles. The van der Waals surface area contributed by atoms with E-state index in [-0.39, 0.29) is 17.1 Å². The fourth-order valence-corrected chi connectivity index (χ4v) is 4.75. The molecule has 0 radical (unpaired) electrons. The van der Waals surface area contributed by atoms with Crippen LogP contribution >= 0.6 is 0 Å². The van der Waals surface area contributed by atoms with E-state index >= 15 is 0 Å². The highest BCUT2D eigenvalue weighted by atomic mass is 19.1. The summed E-state index contributed by atoms with van der Waals surface area (Å²) in [5.74, 6) is 1.29. The fraction of sp³-hybridized carbons (Fsp3) is 0.524. The highest BCUT2D eigenvalue weighted by Gasteiger charge is 2.68. The number of rotatable bonds is 3. The smallest absolute Gasteiger partial charge is 0.233 e. The number of benzene rings is 1. The molecule has 2 heterocycles. The normalized spacial score (nSPS) is 25.3. The Morgan fingerprint density at radius 1 is 1.23 bits per heavy atom. The van der Waals surface area contributed by atoms with Crippen LogP contribution in [0.4, 0.5) is 4.39 Å². The number of likely N-dealkylation sites (tertiary alicyclic amines) is 1. The quantitative estimate of drug-likeness (QED) is 0.843. The maximum absolute atomic E-state index is 14.5. The average Bonchev–Trinajstić information content (AvgIpc) is 2.97. The number of carbonyl (C=O) groups is 1. The van der Waals surface area contributed by atoms with E-state index in [1.54, 1.807) is 12.1 Å². The van der Waals surface area contributed by atoms with Gasteiger partial charge in [-0.3, -0.25) is 4.79 Å². The minimum atomic E-state index is -0.714. The monoisotopic (exact) mass is 355 g/mol. The van der Waals surface area contributed by atoms with Gasteiger partial charge in [0.2, 0.25) is 5.91 Å². The topological polar surface area (TPSA) is 38.1 Å². The zero-order valence-electron chi connectivity index (χ0n) is 15.7. The van der Waals surface area contributed by atoms with Crippen molar-refractivity contribution in [2.75, 3.05) is 13.1 Å². The van der Waals surface area contributed by atoms with Crippen LogP contribution in [0.5, 0.6) is 0 Å². The van der Waals surface area contributed by atoms with Gasteiger partial charge in [-0.15, -0.1) is 0 Å². The molecule has 4 rings (SSSR count). The van der Waals surface area contributed by atoms with Crippen LogP contribution in [0.3, 0.4) is 0 Å². The molecule has 1 atom stereocenters. The summed E-state index contributed by atoms with van der Waals surface area (Å²) < 4.78 is 16.6. The summed E-state index contributed by atoms with van der Waals surface area (Å²) in [6.07, 6.45) is 6.31. The summed E-state index contributed by atoms with van der Waals surface area (Å²) in [6.45, 7) is 5.56. The Hall–Kier alpha value is -2.17. The number of halogens is 1. The van der Waals surface area contributed by atoms with Crippen molar-refractivity contribution in [2.45, 2.75) is 44.4 Å². The first-order valence-corrected chi connectivity index (χ1v) is 9.38. The summed E-state index contributed by atoms with van der Waals surface area (Å²) in [6, 6.07) is 6.76. The van der Waals surface area contributed by atoms with Gasteiger partial charge in [0.1, 0.15) is 11.6 Å². The van der Waals surface area contributed by atoms with Crippen molar-refractivity contribution in [3.63, 3.8) is 0 Å². The van der Waals surface area contributed by atoms with Gasteiger partial charge in [0, 0.05) is 44.0 Å². The lowest BCUT2D eigenvalue weighted by atomic mass is 9.85. The zero-order chi connectivity index (χ0) is 18.5. The molecule has 0 unspecified atom stereocenters. The lowest BCUT2D eigenvalue weighted by Gasteiger charge is -2.35. The maximum atomic E-state index is 14.5. The Bertz CT molecular complexity index is 835. The highest BCUT2D eigenvalue weighted by Crippen LogP contribution is 2.65. The Labute approximate surface area is 154 Å². The van der Waals surface area contributed by atoms with Crippen molar-refractivity contribution in [2.24, 2.45) is 12.5 Å². The van der Waals surface area contributed by atoms with Gasteiger partial charge in [-0.25, -0.2) is 9.37 Å². The number of hydrogen-bond acceptors (Lipinski definition) is 2. The van der Waals surface area contributed by atoms with E-state index in [2.05, 4.69) is 23.4 Å². The van der Waals surface area contributed by atoms with Crippen molar-refractivity contribution in [1.29, 1.82) is 0 Å². The van der Waals surface area contributed by atoms with Gasteiger partial charge in [-0.2, -0.15) is 0 Å². The third-order valence-corrected chi connectivity index (χ3v) is 6.44. The number of nitrogens with zero attached hydrogens (tertiary/aromatic N) is 3. The van der Waals surface area contributed by atoms with Crippen LogP contribution in [0.2, 0.25) is 0 Å². The van der Waals surface area contributed by atoms with Crippen LogP contribution in [-0.2, 0) is 17.3 Å². The molecule has 26 heavy (non-hydrogen) atoms. The second-order valence-corrected chi connectivity index (χ2v) is 8.41. The number of amides is 1. The first-order valence-electron chi connectivity index (χ1n) is 9.38. The van der Waals surface area contributed by atoms with Crippen LogP contribution in [0.15, 0.2) is 36.7 Å². The predicted octanol–water partition coefficient (Wildman–Crippen LogP) is 3.63. The van der Waals surface area contributed by atoms with Crippen LogP contribution < -0.4 is 0 Å². The van der Waals surface area contributed by atoms with E-state index in [4.69, 9.17) is 0 Å². The van der Waals surface area contributed by atoms with Gasteiger partial charge >= 0.3 is 0 Å². The van der Waals surface area contributed by atoms with Gasteiger partial charge in [-0.05, 0) is 30.7 Å². The second kappa shape index (κ2) is 5.93. The largest absolute Gasteiger partial charge is 0.342 e. The molecule has 4 nitrogen and oxygen atoms in total. The Morgan fingerprint density at radius 3 is 2.42 bits per heavy atom. The first-order chi connectivity index (χ1) is 12.4. The van der Waals surface area contributed by atoms with Crippen molar-refractivity contribution >= 4 is 5.91 Å². The molecule has 0 spiro atoms. The molecule has 1 aliphatic heterocycles. The molecule has 5 heteroatoms. The summed E-state index contributed by atoms with van der Waals surface area (Å²) in [7, 11) is 2.01. The number of aryl methyl sites for hydroxylation is 1. The molecule has 2 fully saturated rings. The van der Waals surface area contributed by atoms with E-state index < -0.39 is 5.41 Å². The third kappa shape index (κ3) is 2.48. The van der Waals surface area contributed by atoms with Crippen molar-refractivity contribution in [1.82, 2.24) is 14.5 Å². The lowest BCUT2D eigenvalue weighted by Crippen LogP contribution is -2.45. The third-order valence-electron chi connectivity index (χ3n) is 6.44. The molecule has 1 aromatic heterocycles. The summed E-state index contributed by atoms with van der Waals surface area (Å²) in [5, 5.41) is 0. The van der Waals surface area contributed by atoms with Crippen molar-refractivity contribution < 1.29 is 9.18 Å². The molecule has 138 valence electrons. The number of aromatic nitrogens is 2. The van der Waals surface area contributed by atoms with Crippen LogP contribution in [0, 0.1) is 11.2 Å². The standard InChI is InChI=1S/C21H26FN3O/c1-20(2)14-21(20,16-6-4-5-7-17(16)22)19(26)25-11-8-15(9-12-25)18-23-10-13-24(18)3/h4-7,10,13,15H,8-9,11-12,14H2,1-3H3/t21-/m1/s1. The maximum Gasteiger partial charge on any atom is 0.233 e. The highest BCUT2D eigenvalue weighted by molar-refractivity contribution is 5.93. The van der Waals surface area contributed by atoms with Crippen molar-refractivity contribution in [3.05, 3.63) is 53.9 Å². The summed E-state index contributed by atoms with van der Waals surface area (Å²) >= 11 is 0. The molecule has 1 saturated heterocycles. The Balaban J connectivity index is 1.54. The van der Waals surface area contributed by atoms with Gasteiger partial charge in [0.05, 0.1) is 5.41 Å². The van der Waals surface area contributed by atoms with Gasteiger partial charge < -0.3 is 9.47 Å².